The summed E-state index contributed by atoms with van der Waals surface area (Å²) in [5.74, 6) is -0.426. The highest BCUT2D eigenvalue weighted by molar-refractivity contribution is 6.42. The topological polar surface area (TPSA) is 85.8 Å². The van der Waals surface area contributed by atoms with Crippen molar-refractivity contribution < 1.29 is 13.9 Å². The van der Waals surface area contributed by atoms with E-state index in [1.54, 1.807) is 36.1 Å². The number of carbonyl (C=O) groups excluding carboxylic acids is 1. The van der Waals surface area contributed by atoms with Gasteiger partial charge in [0.25, 0.3) is 5.91 Å². The van der Waals surface area contributed by atoms with E-state index in [9.17, 15) is 9.18 Å². The van der Waals surface area contributed by atoms with E-state index in [-0.39, 0.29) is 18.0 Å². The fourth-order valence-corrected chi connectivity index (χ4v) is 4.03. The zero-order valence-electron chi connectivity index (χ0n) is 15.6. The molecule has 0 saturated heterocycles. The van der Waals surface area contributed by atoms with Gasteiger partial charge in [0.1, 0.15) is 29.5 Å². The molecule has 0 spiro atoms. The highest BCUT2D eigenvalue weighted by Crippen LogP contribution is 2.41. The minimum Gasteiger partial charge on any atom is -0.491 e. The second-order valence-corrected chi connectivity index (χ2v) is 7.83. The molecule has 2 aromatic heterocycles. The van der Waals surface area contributed by atoms with Crippen molar-refractivity contribution in [3.05, 3.63) is 63.8 Å². The molecule has 2 aromatic carbocycles. The van der Waals surface area contributed by atoms with Crippen molar-refractivity contribution in [1.29, 1.82) is 0 Å². The van der Waals surface area contributed by atoms with E-state index >= 15 is 0 Å². The van der Waals surface area contributed by atoms with Crippen LogP contribution >= 0.6 is 23.2 Å². The van der Waals surface area contributed by atoms with Gasteiger partial charge in [0, 0.05) is 24.7 Å². The third-order valence-electron chi connectivity index (χ3n) is 5.29. The zero-order chi connectivity index (χ0) is 21.2. The number of benzene rings is 2. The molecule has 0 radical (unpaired) electrons. The summed E-state index contributed by atoms with van der Waals surface area (Å²) in [5.41, 5.74) is 7.95. The standard InChI is InChI=1S/C20H14Cl2FN5O2/c1-27(17-7-30-18-4-12(22)11(21)2-10(17)18)20(29)9-3-15-14(5-13(9)23)26-19(24)16-6-25-8-28(15)16/h2-6,8,17H,7H2,1H3,(H2,24,26)/t17-/m1/s1. The average molecular weight is 446 g/mol. The van der Waals surface area contributed by atoms with Crippen LogP contribution in [0, 0.1) is 5.82 Å². The molecular weight excluding hydrogens is 432 g/mol. The Kier molecular flexibility index (Phi) is 4.23. The molecule has 5 rings (SSSR count). The highest BCUT2D eigenvalue weighted by Gasteiger charge is 2.33. The maximum absolute atomic E-state index is 14.9. The smallest absolute Gasteiger partial charge is 0.257 e. The Hall–Kier alpha value is -3.10. The van der Waals surface area contributed by atoms with Gasteiger partial charge in [-0.05, 0) is 12.1 Å². The molecule has 1 aliphatic rings. The Bertz CT molecular complexity index is 1360. The van der Waals surface area contributed by atoms with Crippen molar-refractivity contribution >= 4 is 51.5 Å². The molecule has 0 fully saturated rings. The number of amides is 1. The third kappa shape index (κ3) is 2.75. The number of ether oxygens (including phenoxy) is 1. The lowest BCUT2D eigenvalue weighted by Gasteiger charge is -2.24. The summed E-state index contributed by atoms with van der Waals surface area (Å²) in [5, 5.41) is 0.719. The molecule has 0 aliphatic carbocycles. The molecule has 0 bridgehead atoms. The lowest BCUT2D eigenvalue weighted by molar-refractivity contribution is 0.0704. The molecule has 2 N–H and O–H groups in total. The number of fused-ring (bicyclic) bond motifs is 4. The van der Waals surface area contributed by atoms with Crippen molar-refractivity contribution in [2.45, 2.75) is 6.04 Å². The summed E-state index contributed by atoms with van der Waals surface area (Å²) in [4.78, 5) is 22.9. The maximum Gasteiger partial charge on any atom is 0.257 e. The largest absolute Gasteiger partial charge is 0.491 e. The first-order valence-electron chi connectivity index (χ1n) is 8.95. The predicted molar refractivity (Wildman–Crippen MR) is 112 cm³/mol. The number of aromatic nitrogens is 3. The van der Waals surface area contributed by atoms with Gasteiger partial charge in [0.2, 0.25) is 0 Å². The Morgan fingerprint density at radius 1 is 1.27 bits per heavy atom. The van der Waals surface area contributed by atoms with Crippen molar-refractivity contribution in [3.63, 3.8) is 0 Å². The van der Waals surface area contributed by atoms with Crippen LogP contribution in [0.3, 0.4) is 0 Å². The van der Waals surface area contributed by atoms with Crippen LogP contribution in [0.5, 0.6) is 5.75 Å². The molecule has 1 aliphatic heterocycles. The van der Waals surface area contributed by atoms with Crippen LogP contribution in [0.4, 0.5) is 10.2 Å². The Balaban J connectivity index is 1.58. The number of likely N-dealkylation sites (N-methyl/N-ethyl adjacent to an activating group) is 1. The quantitative estimate of drug-likeness (QED) is 0.501. The monoisotopic (exact) mass is 445 g/mol. The fraction of sp³-hybridized carbons (Fsp3) is 0.150. The molecule has 152 valence electrons. The van der Waals surface area contributed by atoms with Crippen LogP contribution in [0.1, 0.15) is 22.0 Å². The van der Waals surface area contributed by atoms with E-state index < -0.39 is 17.8 Å². The normalized spacial score (nSPS) is 15.4. The summed E-state index contributed by atoms with van der Waals surface area (Å²) < 4.78 is 22.2. The van der Waals surface area contributed by atoms with Crippen LogP contribution in [0.15, 0.2) is 36.8 Å². The number of anilines is 1. The molecule has 0 unspecified atom stereocenters. The van der Waals surface area contributed by atoms with Gasteiger partial charge in [-0.25, -0.2) is 14.4 Å². The number of hydrogen-bond acceptors (Lipinski definition) is 5. The second-order valence-electron chi connectivity index (χ2n) is 7.01. The van der Waals surface area contributed by atoms with E-state index in [4.69, 9.17) is 33.7 Å². The van der Waals surface area contributed by atoms with E-state index in [0.717, 1.165) is 0 Å². The third-order valence-corrected chi connectivity index (χ3v) is 6.01. The first-order valence-corrected chi connectivity index (χ1v) is 9.70. The van der Waals surface area contributed by atoms with Crippen molar-refractivity contribution in [1.82, 2.24) is 19.3 Å². The molecule has 30 heavy (non-hydrogen) atoms. The predicted octanol–water partition coefficient (Wildman–Crippen LogP) is 4.12. The molecule has 7 nitrogen and oxygen atoms in total. The SMILES string of the molecule is CN(C(=O)c1cc2c(cc1F)nc(N)c1cncn12)[C@@H]1COc2cc(Cl)c(Cl)cc21. The Morgan fingerprint density at radius 2 is 2.03 bits per heavy atom. The van der Waals surface area contributed by atoms with Gasteiger partial charge in [-0.15, -0.1) is 0 Å². The summed E-state index contributed by atoms with van der Waals surface area (Å²) >= 11 is 12.2. The van der Waals surface area contributed by atoms with Gasteiger partial charge in [-0.1, -0.05) is 23.2 Å². The summed E-state index contributed by atoms with van der Waals surface area (Å²) in [6.45, 7) is 0.216. The highest BCUT2D eigenvalue weighted by atomic mass is 35.5. The molecule has 10 heteroatoms. The number of nitrogens with two attached hydrogens (primary N) is 1. The first-order chi connectivity index (χ1) is 14.3. The number of nitrogen functional groups attached to an aromatic ring is 1. The minimum atomic E-state index is -0.695. The van der Waals surface area contributed by atoms with Crippen LogP contribution in [0.25, 0.3) is 16.6 Å². The van der Waals surface area contributed by atoms with Gasteiger partial charge < -0.3 is 15.4 Å². The van der Waals surface area contributed by atoms with E-state index in [1.165, 1.54) is 17.0 Å². The maximum atomic E-state index is 14.9. The first kappa shape index (κ1) is 18.9. The number of imidazole rings is 1. The van der Waals surface area contributed by atoms with E-state index in [2.05, 4.69) is 9.97 Å². The second kappa shape index (κ2) is 6.72. The fourth-order valence-electron chi connectivity index (χ4n) is 3.70. The number of hydrogen-bond donors (Lipinski definition) is 1. The van der Waals surface area contributed by atoms with Crippen LogP contribution < -0.4 is 10.5 Å². The van der Waals surface area contributed by atoms with Crippen molar-refractivity contribution in [3.8, 4) is 5.75 Å². The van der Waals surface area contributed by atoms with Crippen LogP contribution in [0.2, 0.25) is 10.0 Å². The van der Waals surface area contributed by atoms with Gasteiger partial charge >= 0.3 is 0 Å². The van der Waals surface area contributed by atoms with Gasteiger partial charge in [0.15, 0.2) is 0 Å². The summed E-state index contributed by atoms with van der Waals surface area (Å²) in [6, 6.07) is 5.49. The number of rotatable bonds is 2. The number of carbonyl (C=O) groups is 1. The van der Waals surface area contributed by atoms with Gasteiger partial charge in [-0.3, -0.25) is 9.20 Å². The van der Waals surface area contributed by atoms with Crippen LogP contribution in [-0.4, -0.2) is 38.8 Å². The van der Waals surface area contributed by atoms with Gasteiger partial charge in [-0.2, -0.15) is 0 Å². The molecular formula is C20H14Cl2FN5O2. The summed E-state index contributed by atoms with van der Waals surface area (Å²) in [7, 11) is 1.59. The lowest BCUT2D eigenvalue weighted by Crippen LogP contribution is -2.32. The van der Waals surface area contributed by atoms with Crippen molar-refractivity contribution in [2.24, 2.45) is 0 Å². The molecule has 4 aromatic rings. The minimum absolute atomic E-state index is 0.0971. The summed E-state index contributed by atoms with van der Waals surface area (Å²) in [6.07, 6.45) is 3.10. The Morgan fingerprint density at radius 3 is 2.83 bits per heavy atom. The molecule has 1 atom stereocenters. The molecule has 1 amide bonds. The average Bonchev–Trinajstić information content (AvgIpc) is 3.35. The van der Waals surface area contributed by atoms with Crippen molar-refractivity contribution in [2.75, 3.05) is 19.4 Å². The Labute approximate surface area is 179 Å². The molecule has 3 heterocycles. The zero-order valence-corrected chi connectivity index (χ0v) is 17.1. The number of halogens is 3. The van der Waals surface area contributed by atoms with E-state index in [0.29, 0.717) is 37.9 Å². The van der Waals surface area contributed by atoms with E-state index in [1.807, 2.05) is 0 Å². The van der Waals surface area contributed by atoms with Gasteiger partial charge in [0.05, 0.1) is 45.2 Å². The number of nitrogens with zero attached hydrogens (tertiary/aromatic N) is 4. The van der Waals surface area contributed by atoms with Crippen LogP contribution in [-0.2, 0) is 0 Å². The molecule has 0 saturated carbocycles. The lowest BCUT2D eigenvalue weighted by atomic mass is 10.1.